The second-order valence-electron chi connectivity index (χ2n) is 4.88. The van der Waals surface area contributed by atoms with Crippen LogP contribution in [-0.4, -0.2) is 40.1 Å². The normalized spacial score (nSPS) is 11.7. The molecule has 3 N–H and O–H groups in total. The molecule has 23 heavy (non-hydrogen) atoms. The Morgan fingerprint density at radius 3 is 2.83 bits per heavy atom. The van der Waals surface area contributed by atoms with Crippen molar-refractivity contribution in [2.24, 2.45) is 0 Å². The fourth-order valence-electron chi connectivity index (χ4n) is 2.07. The van der Waals surface area contributed by atoms with E-state index in [-0.39, 0.29) is 12.8 Å². The van der Waals surface area contributed by atoms with Gasteiger partial charge in [0.25, 0.3) is 0 Å². The van der Waals surface area contributed by atoms with Crippen molar-refractivity contribution in [2.45, 2.75) is 18.9 Å². The Kier molecular flexibility index (Phi) is 5.59. The van der Waals surface area contributed by atoms with Gasteiger partial charge < -0.3 is 20.1 Å². The smallest absolute Gasteiger partial charge is 0.326 e. The molecule has 1 atom stereocenters. The molecule has 1 heterocycles. The van der Waals surface area contributed by atoms with E-state index < -0.39 is 17.9 Å². The third kappa shape index (κ3) is 4.72. The summed E-state index contributed by atoms with van der Waals surface area (Å²) in [6.07, 6.45) is 3.13. The minimum atomic E-state index is -1.11. The number of amides is 1. The molecule has 8 heteroatoms. The van der Waals surface area contributed by atoms with Crippen molar-refractivity contribution in [3.63, 3.8) is 0 Å². The molecule has 0 aliphatic rings. The maximum absolute atomic E-state index is 12.0. The maximum Gasteiger partial charge on any atom is 0.326 e. The van der Waals surface area contributed by atoms with Crippen LogP contribution in [-0.2, 0) is 22.4 Å². The topological polar surface area (TPSA) is 104 Å². The molecule has 0 saturated carbocycles. The zero-order valence-electron chi connectivity index (χ0n) is 12.4. The molecule has 2 rings (SSSR count). The van der Waals surface area contributed by atoms with Crippen molar-refractivity contribution in [1.82, 2.24) is 15.3 Å². The van der Waals surface area contributed by atoms with Gasteiger partial charge in [-0.1, -0.05) is 17.7 Å². The SMILES string of the molecule is COc1ccc(CC(=O)N[C@@H](Cc2cnc[nH]2)C(=O)O)cc1Cl. The minimum absolute atomic E-state index is 0.0243. The molecule has 0 radical (unpaired) electrons. The number of carboxylic acid groups (broad SMARTS) is 1. The van der Waals surface area contributed by atoms with Crippen molar-refractivity contribution in [3.05, 3.63) is 47.0 Å². The summed E-state index contributed by atoms with van der Waals surface area (Å²) < 4.78 is 5.04. The first kappa shape index (κ1) is 16.8. The first-order chi connectivity index (χ1) is 11.0. The number of halogens is 1. The molecule has 1 aromatic heterocycles. The number of hydrogen-bond acceptors (Lipinski definition) is 4. The number of aromatic nitrogens is 2. The van der Waals surface area contributed by atoms with Gasteiger partial charge in [-0.05, 0) is 17.7 Å². The van der Waals surface area contributed by atoms with Crippen LogP contribution in [0.4, 0.5) is 0 Å². The summed E-state index contributed by atoms with van der Waals surface area (Å²) in [5.41, 5.74) is 1.30. The van der Waals surface area contributed by atoms with Gasteiger partial charge in [-0.2, -0.15) is 0 Å². The molecule has 122 valence electrons. The fraction of sp³-hybridized carbons (Fsp3) is 0.267. The number of carbonyl (C=O) groups is 2. The van der Waals surface area contributed by atoms with Crippen LogP contribution in [0, 0.1) is 0 Å². The number of nitrogens with one attached hydrogen (secondary N) is 2. The Bertz CT molecular complexity index is 688. The van der Waals surface area contributed by atoms with E-state index in [1.54, 1.807) is 18.2 Å². The zero-order chi connectivity index (χ0) is 16.8. The van der Waals surface area contributed by atoms with Gasteiger partial charge >= 0.3 is 5.97 Å². The summed E-state index contributed by atoms with van der Waals surface area (Å²) in [6, 6.07) is 3.95. The predicted molar refractivity (Wildman–Crippen MR) is 83.6 cm³/mol. The molecule has 0 unspecified atom stereocenters. The van der Waals surface area contributed by atoms with Gasteiger partial charge in [0.15, 0.2) is 0 Å². The molecule has 7 nitrogen and oxygen atoms in total. The second-order valence-corrected chi connectivity index (χ2v) is 5.29. The third-order valence-corrected chi connectivity index (χ3v) is 3.49. The van der Waals surface area contributed by atoms with Crippen molar-refractivity contribution in [3.8, 4) is 5.75 Å². The molecule has 0 bridgehead atoms. The molecule has 1 amide bonds. The summed E-state index contributed by atoms with van der Waals surface area (Å²) in [7, 11) is 1.50. The number of aliphatic carboxylic acids is 1. The van der Waals surface area contributed by atoms with E-state index in [9.17, 15) is 14.7 Å². The Hall–Kier alpha value is -2.54. The van der Waals surface area contributed by atoms with Crippen molar-refractivity contribution in [2.75, 3.05) is 7.11 Å². The van der Waals surface area contributed by atoms with E-state index >= 15 is 0 Å². The van der Waals surface area contributed by atoms with Crippen LogP contribution in [0.1, 0.15) is 11.3 Å². The van der Waals surface area contributed by atoms with E-state index in [0.29, 0.717) is 22.0 Å². The van der Waals surface area contributed by atoms with Gasteiger partial charge in [0.2, 0.25) is 5.91 Å². The van der Waals surface area contributed by atoms with Crippen molar-refractivity contribution in [1.29, 1.82) is 0 Å². The molecule has 1 aromatic carbocycles. The lowest BCUT2D eigenvalue weighted by Gasteiger charge is -2.14. The van der Waals surface area contributed by atoms with Crippen LogP contribution < -0.4 is 10.1 Å². The van der Waals surface area contributed by atoms with Crippen LogP contribution in [0.25, 0.3) is 0 Å². The first-order valence-corrected chi connectivity index (χ1v) is 7.19. The Labute approximate surface area is 137 Å². The molecule has 0 aliphatic carbocycles. The van der Waals surface area contributed by atoms with Gasteiger partial charge in [0.05, 0.1) is 24.9 Å². The molecule has 0 fully saturated rings. The van der Waals surface area contributed by atoms with E-state index in [2.05, 4.69) is 15.3 Å². The molecular weight excluding hydrogens is 322 g/mol. The zero-order valence-corrected chi connectivity index (χ0v) is 13.1. The summed E-state index contributed by atoms with van der Waals surface area (Å²) in [5, 5.41) is 12.1. The fourth-order valence-corrected chi connectivity index (χ4v) is 2.35. The largest absolute Gasteiger partial charge is 0.495 e. The average Bonchev–Trinajstić information content (AvgIpc) is 2.99. The number of benzene rings is 1. The lowest BCUT2D eigenvalue weighted by Crippen LogP contribution is -2.43. The average molecular weight is 338 g/mol. The number of methoxy groups -OCH3 is 1. The number of carboxylic acids is 1. The number of H-pyrrole nitrogens is 1. The number of nitrogens with zero attached hydrogens (tertiary/aromatic N) is 1. The van der Waals surface area contributed by atoms with Crippen LogP contribution in [0.2, 0.25) is 5.02 Å². The lowest BCUT2D eigenvalue weighted by atomic mass is 10.1. The molecule has 2 aromatic rings. The second kappa shape index (κ2) is 7.64. The monoisotopic (exact) mass is 337 g/mol. The van der Waals surface area contributed by atoms with Crippen molar-refractivity contribution < 1.29 is 19.4 Å². The highest BCUT2D eigenvalue weighted by Gasteiger charge is 2.21. The van der Waals surface area contributed by atoms with Crippen LogP contribution in [0.15, 0.2) is 30.7 Å². The highest BCUT2D eigenvalue weighted by atomic mass is 35.5. The maximum atomic E-state index is 12.0. The van der Waals surface area contributed by atoms with Crippen molar-refractivity contribution >= 4 is 23.5 Å². The van der Waals surface area contributed by atoms with Gasteiger partial charge in [-0.25, -0.2) is 9.78 Å². The number of carbonyl (C=O) groups excluding carboxylic acids is 1. The van der Waals surface area contributed by atoms with E-state index in [1.807, 2.05) is 0 Å². The van der Waals surface area contributed by atoms with Crippen LogP contribution >= 0.6 is 11.6 Å². The molecule has 0 saturated heterocycles. The molecule has 0 spiro atoms. The summed E-state index contributed by atoms with van der Waals surface area (Å²) >= 11 is 6.00. The summed E-state index contributed by atoms with van der Waals surface area (Å²) in [4.78, 5) is 29.9. The molecular formula is C15H16ClN3O4. The standard InChI is InChI=1S/C15H16ClN3O4/c1-23-13-3-2-9(4-11(13)16)5-14(20)19-12(15(21)22)6-10-7-17-8-18-10/h2-4,7-8,12H,5-6H2,1H3,(H,17,18)(H,19,20)(H,21,22)/t12-/m0/s1. The highest BCUT2D eigenvalue weighted by molar-refractivity contribution is 6.32. The van der Waals surface area contributed by atoms with E-state index in [4.69, 9.17) is 16.3 Å². The third-order valence-electron chi connectivity index (χ3n) is 3.19. The van der Waals surface area contributed by atoms with Crippen LogP contribution in [0.3, 0.4) is 0 Å². The van der Waals surface area contributed by atoms with Gasteiger partial charge in [0.1, 0.15) is 11.8 Å². The van der Waals surface area contributed by atoms with Crippen LogP contribution in [0.5, 0.6) is 5.75 Å². The molecule has 0 aliphatic heterocycles. The van der Waals surface area contributed by atoms with Gasteiger partial charge in [0, 0.05) is 18.3 Å². The highest BCUT2D eigenvalue weighted by Crippen LogP contribution is 2.25. The number of aromatic amines is 1. The Morgan fingerprint density at radius 1 is 1.48 bits per heavy atom. The number of imidazole rings is 1. The first-order valence-electron chi connectivity index (χ1n) is 6.81. The Balaban J connectivity index is 1.99. The summed E-state index contributed by atoms with van der Waals surface area (Å²) in [6.45, 7) is 0. The van der Waals surface area contributed by atoms with E-state index in [1.165, 1.54) is 19.6 Å². The lowest BCUT2D eigenvalue weighted by molar-refractivity contribution is -0.141. The Morgan fingerprint density at radius 2 is 2.26 bits per heavy atom. The number of ether oxygens (including phenoxy) is 1. The summed E-state index contributed by atoms with van der Waals surface area (Å²) in [5.74, 6) is -1.00. The van der Waals surface area contributed by atoms with Gasteiger partial charge in [-0.3, -0.25) is 4.79 Å². The van der Waals surface area contributed by atoms with Gasteiger partial charge in [-0.15, -0.1) is 0 Å². The quantitative estimate of drug-likeness (QED) is 0.709. The van der Waals surface area contributed by atoms with E-state index in [0.717, 1.165) is 0 Å². The number of hydrogen-bond donors (Lipinski definition) is 3. The minimum Gasteiger partial charge on any atom is -0.495 e. The predicted octanol–water partition coefficient (Wildman–Crippen LogP) is 1.43. The number of rotatable bonds is 7.